The summed E-state index contributed by atoms with van der Waals surface area (Å²) in [6.07, 6.45) is 0.654. The number of aromatic nitrogens is 1. The van der Waals surface area contributed by atoms with E-state index in [1.165, 1.54) is 11.3 Å². The Hall–Kier alpha value is -0.960. The zero-order valence-electron chi connectivity index (χ0n) is 8.03. The lowest BCUT2D eigenvalue weighted by molar-refractivity contribution is 0.285. The summed E-state index contributed by atoms with van der Waals surface area (Å²) in [4.78, 5) is 4.23. The molecule has 4 nitrogen and oxygen atoms in total. The fourth-order valence-corrected chi connectivity index (χ4v) is 1.69. The third kappa shape index (κ3) is 3.07. The number of aryl methyl sites for hydroxylation is 1. The molecule has 0 aliphatic heterocycles. The van der Waals surface area contributed by atoms with Gasteiger partial charge in [-0.15, -0.1) is 11.3 Å². The number of nitrogens with one attached hydrogen (secondary N) is 1. The molecule has 1 rings (SSSR count). The van der Waals surface area contributed by atoms with Gasteiger partial charge in [-0.2, -0.15) is 5.26 Å². The molecule has 0 spiro atoms. The molecule has 1 heterocycles. The van der Waals surface area contributed by atoms with Gasteiger partial charge < -0.3 is 5.11 Å². The number of rotatable bonds is 5. The Balaban J connectivity index is 2.51. The third-order valence-electron chi connectivity index (χ3n) is 1.74. The van der Waals surface area contributed by atoms with E-state index in [2.05, 4.69) is 16.4 Å². The Morgan fingerprint density at radius 1 is 1.79 bits per heavy atom. The molecule has 1 unspecified atom stereocenters. The minimum atomic E-state index is -0.355. The molecule has 0 aliphatic rings. The smallest absolute Gasteiger partial charge is 0.139 e. The van der Waals surface area contributed by atoms with Gasteiger partial charge in [0.25, 0.3) is 0 Å². The number of thiazole rings is 1. The molecule has 0 saturated carbocycles. The zero-order chi connectivity index (χ0) is 10.4. The van der Waals surface area contributed by atoms with Crippen LogP contribution in [0.15, 0.2) is 5.38 Å². The average Bonchev–Trinajstić information content (AvgIpc) is 2.60. The normalized spacial score (nSPS) is 12.4. The van der Waals surface area contributed by atoms with Gasteiger partial charge in [-0.3, -0.25) is 5.32 Å². The maximum Gasteiger partial charge on any atom is 0.139 e. The molecule has 0 aromatic carbocycles. The van der Waals surface area contributed by atoms with Gasteiger partial charge >= 0.3 is 0 Å². The summed E-state index contributed by atoms with van der Waals surface area (Å²) >= 11 is 1.54. The van der Waals surface area contributed by atoms with E-state index < -0.39 is 0 Å². The van der Waals surface area contributed by atoms with Gasteiger partial charge in [-0.25, -0.2) is 4.98 Å². The topological polar surface area (TPSA) is 68.9 Å². The Morgan fingerprint density at radius 2 is 2.57 bits per heavy atom. The minimum absolute atomic E-state index is 0.140. The van der Waals surface area contributed by atoms with Crippen LogP contribution < -0.4 is 5.32 Å². The predicted molar refractivity (Wildman–Crippen MR) is 54.9 cm³/mol. The van der Waals surface area contributed by atoms with Crippen molar-refractivity contribution in [2.45, 2.75) is 19.4 Å². The molecular weight excluding hydrogens is 198 g/mol. The first-order valence-electron chi connectivity index (χ1n) is 4.44. The van der Waals surface area contributed by atoms with Crippen LogP contribution in [-0.2, 0) is 0 Å². The van der Waals surface area contributed by atoms with Crippen molar-refractivity contribution in [3.05, 3.63) is 16.1 Å². The van der Waals surface area contributed by atoms with Gasteiger partial charge in [-0.1, -0.05) is 0 Å². The van der Waals surface area contributed by atoms with Crippen LogP contribution in [0, 0.1) is 18.3 Å². The van der Waals surface area contributed by atoms with Crippen LogP contribution in [0.25, 0.3) is 0 Å². The molecule has 0 amide bonds. The van der Waals surface area contributed by atoms with E-state index in [0.29, 0.717) is 13.0 Å². The van der Waals surface area contributed by atoms with Crippen molar-refractivity contribution in [1.82, 2.24) is 10.3 Å². The average molecular weight is 211 g/mol. The van der Waals surface area contributed by atoms with E-state index in [1.807, 2.05) is 12.3 Å². The van der Waals surface area contributed by atoms with Crippen molar-refractivity contribution in [3.63, 3.8) is 0 Å². The lowest BCUT2D eigenvalue weighted by atomic mass is 10.2. The molecule has 0 aliphatic carbocycles. The molecule has 1 atom stereocenters. The van der Waals surface area contributed by atoms with Crippen molar-refractivity contribution in [2.24, 2.45) is 0 Å². The molecule has 0 saturated heterocycles. The fourth-order valence-electron chi connectivity index (χ4n) is 1.05. The summed E-state index contributed by atoms with van der Waals surface area (Å²) in [6, 6.07) is 1.79. The van der Waals surface area contributed by atoms with Crippen LogP contribution in [0.3, 0.4) is 0 Å². The number of hydrogen-bond donors (Lipinski definition) is 2. The van der Waals surface area contributed by atoms with E-state index in [4.69, 9.17) is 10.4 Å². The molecule has 0 radical (unpaired) electrons. The molecule has 2 N–H and O–H groups in total. The van der Waals surface area contributed by atoms with Crippen LogP contribution in [0.2, 0.25) is 0 Å². The molecule has 0 bridgehead atoms. The summed E-state index contributed by atoms with van der Waals surface area (Å²) in [6.45, 7) is 2.68. The summed E-state index contributed by atoms with van der Waals surface area (Å²) in [7, 11) is 0. The van der Waals surface area contributed by atoms with Gasteiger partial charge in [-0.05, 0) is 19.9 Å². The quantitative estimate of drug-likeness (QED) is 0.713. The Labute approximate surface area is 87.2 Å². The highest BCUT2D eigenvalue weighted by molar-refractivity contribution is 7.09. The van der Waals surface area contributed by atoms with Crippen molar-refractivity contribution < 1.29 is 5.11 Å². The van der Waals surface area contributed by atoms with Crippen LogP contribution in [0.1, 0.15) is 23.2 Å². The van der Waals surface area contributed by atoms with Gasteiger partial charge in [0.1, 0.15) is 6.04 Å². The number of nitrogens with zero attached hydrogens (tertiary/aromatic N) is 2. The highest BCUT2D eigenvalue weighted by atomic mass is 32.1. The fraction of sp³-hybridized carbons (Fsp3) is 0.556. The Kier molecular flexibility index (Phi) is 4.53. The summed E-state index contributed by atoms with van der Waals surface area (Å²) < 4.78 is 0. The van der Waals surface area contributed by atoms with Crippen LogP contribution in [0.5, 0.6) is 0 Å². The summed E-state index contributed by atoms with van der Waals surface area (Å²) in [5, 5.41) is 23.3. The van der Waals surface area contributed by atoms with Gasteiger partial charge in [0.05, 0.1) is 16.8 Å². The summed E-state index contributed by atoms with van der Waals surface area (Å²) in [5.41, 5.74) is 0.771. The van der Waals surface area contributed by atoms with E-state index in [9.17, 15) is 0 Å². The van der Waals surface area contributed by atoms with E-state index in [-0.39, 0.29) is 12.6 Å². The molecule has 1 aromatic heterocycles. The third-order valence-corrected chi connectivity index (χ3v) is 2.54. The number of aliphatic hydroxyl groups is 1. The van der Waals surface area contributed by atoms with Gasteiger partial charge in [0, 0.05) is 12.0 Å². The molecule has 1 aromatic rings. The first-order chi connectivity index (χ1) is 6.77. The molecule has 0 fully saturated rings. The highest BCUT2D eigenvalue weighted by Gasteiger charge is 2.11. The summed E-state index contributed by atoms with van der Waals surface area (Å²) in [5.74, 6) is 0. The van der Waals surface area contributed by atoms with Crippen molar-refractivity contribution >= 4 is 11.3 Å². The second kappa shape index (κ2) is 5.70. The standard InChI is InChI=1S/C9H13N3OS/c1-7-12-9(6-14-7)8(5-10)11-3-2-4-13/h6,8,11,13H,2-4H2,1H3. The molecule has 5 heteroatoms. The monoisotopic (exact) mass is 211 g/mol. The predicted octanol–water partition coefficient (Wildman–Crippen LogP) is 0.988. The molecule has 14 heavy (non-hydrogen) atoms. The van der Waals surface area contributed by atoms with Gasteiger partial charge in [0.2, 0.25) is 0 Å². The largest absolute Gasteiger partial charge is 0.396 e. The second-order valence-electron chi connectivity index (χ2n) is 2.88. The lowest BCUT2D eigenvalue weighted by Gasteiger charge is -2.07. The minimum Gasteiger partial charge on any atom is -0.396 e. The zero-order valence-corrected chi connectivity index (χ0v) is 8.84. The van der Waals surface area contributed by atoms with Crippen molar-refractivity contribution in [3.8, 4) is 6.07 Å². The molecule has 76 valence electrons. The maximum atomic E-state index is 8.88. The number of aliphatic hydroxyl groups excluding tert-OH is 1. The first-order valence-corrected chi connectivity index (χ1v) is 5.31. The Bertz CT molecular complexity index is 318. The second-order valence-corrected chi connectivity index (χ2v) is 3.95. The Morgan fingerprint density at radius 3 is 3.07 bits per heavy atom. The van der Waals surface area contributed by atoms with Crippen LogP contribution >= 0.6 is 11.3 Å². The van der Waals surface area contributed by atoms with E-state index in [0.717, 1.165) is 10.7 Å². The maximum absolute atomic E-state index is 8.88. The van der Waals surface area contributed by atoms with Gasteiger partial charge in [0.15, 0.2) is 0 Å². The first kappa shape index (κ1) is 11.1. The van der Waals surface area contributed by atoms with Crippen molar-refractivity contribution in [1.29, 1.82) is 5.26 Å². The van der Waals surface area contributed by atoms with Crippen molar-refractivity contribution in [2.75, 3.05) is 13.2 Å². The lowest BCUT2D eigenvalue weighted by Crippen LogP contribution is -2.22. The van der Waals surface area contributed by atoms with Crippen LogP contribution in [0.4, 0.5) is 0 Å². The van der Waals surface area contributed by atoms with E-state index >= 15 is 0 Å². The highest BCUT2D eigenvalue weighted by Crippen LogP contribution is 2.15. The molecular formula is C9H13N3OS. The van der Waals surface area contributed by atoms with E-state index in [1.54, 1.807) is 0 Å². The SMILES string of the molecule is Cc1nc(C(C#N)NCCCO)cs1. The number of hydrogen-bond acceptors (Lipinski definition) is 5. The van der Waals surface area contributed by atoms with Crippen LogP contribution in [-0.4, -0.2) is 23.2 Å². The number of nitriles is 1.